The molecular weight excluding hydrogens is 366 g/mol. The molecule has 2 aromatic rings. The summed E-state index contributed by atoms with van der Waals surface area (Å²) in [5.41, 5.74) is 1.37. The zero-order chi connectivity index (χ0) is 19.8. The number of benzene rings is 1. The van der Waals surface area contributed by atoms with E-state index in [0.717, 1.165) is 37.9 Å². The van der Waals surface area contributed by atoms with Crippen molar-refractivity contribution in [2.45, 2.75) is 57.2 Å². The van der Waals surface area contributed by atoms with Crippen molar-refractivity contribution in [3.05, 3.63) is 28.6 Å². The van der Waals surface area contributed by atoms with Gasteiger partial charge in [-0.15, -0.1) is 0 Å². The van der Waals surface area contributed by atoms with E-state index in [4.69, 9.17) is 4.52 Å². The molecule has 1 saturated carbocycles. The van der Waals surface area contributed by atoms with Gasteiger partial charge in [0.25, 0.3) is 5.56 Å². The van der Waals surface area contributed by atoms with Crippen LogP contribution in [0, 0.1) is 5.92 Å². The summed E-state index contributed by atoms with van der Waals surface area (Å²) >= 11 is 0. The summed E-state index contributed by atoms with van der Waals surface area (Å²) in [6.07, 6.45) is 3.67. The predicted octanol–water partition coefficient (Wildman–Crippen LogP) is 2.82. The van der Waals surface area contributed by atoms with Crippen LogP contribution in [0.5, 0.6) is 0 Å². The second-order valence-corrected chi connectivity index (χ2v) is 10.9. The fourth-order valence-corrected chi connectivity index (χ4v) is 4.41. The molecule has 1 aromatic carbocycles. The minimum atomic E-state index is -3.30. The number of aromatic nitrogens is 1. The van der Waals surface area contributed by atoms with Crippen molar-refractivity contribution in [2.24, 2.45) is 13.0 Å². The Morgan fingerprint density at radius 2 is 1.85 bits per heavy atom. The number of sulfonamides is 1. The van der Waals surface area contributed by atoms with E-state index in [1.54, 1.807) is 33.9 Å². The maximum Gasteiger partial charge on any atom is 0.290 e. The van der Waals surface area contributed by atoms with Crippen molar-refractivity contribution in [3.8, 4) is 0 Å². The van der Waals surface area contributed by atoms with Crippen LogP contribution >= 0.6 is 0 Å². The van der Waals surface area contributed by atoms with E-state index in [-0.39, 0.29) is 11.6 Å². The van der Waals surface area contributed by atoms with E-state index in [1.165, 1.54) is 4.74 Å². The summed E-state index contributed by atoms with van der Waals surface area (Å²) in [6.45, 7) is 5.98. The summed E-state index contributed by atoms with van der Waals surface area (Å²) in [6, 6.07) is 5.55. The predicted molar refractivity (Wildman–Crippen MR) is 107 cm³/mol. The van der Waals surface area contributed by atoms with Crippen LogP contribution in [-0.2, 0) is 17.1 Å². The second-order valence-electron chi connectivity index (χ2n) is 8.44. The van der Waals surface area contributed by atoms with Gasteiger partial charge < -0.3 is 9.84 Å². The van der Waals surface area contributed by atoms with Gasteiger partial charge in [0.2, 0.25) is 10.0 Å². The molecule has 0 aliphatic heterocycles. The SMILES string of the molecule is Cn1oc2cc(NCC3CCC(NS(=O)(=O)C(C)(C)C)CC3)ccc2c1=O. The van der Waals surface area contributed by atoms with Gasteiger partial charge in [-0.05, 0) is 64.5 Å². The third kappa shape index (κ3) is 4.38. The minimum absolute atomic E-state index is 0.0282. The second kappa shape index (κ2) is 7.31. The summed E-state index contributed by atoms with van der Waals surface area (Å²) in [5, 5.41) is 3.99. The van der Waals surface area contributed by atoms with Crippen LogP contribution in [0.25, 0.3) is 11.0 Å². The third-order valence-electron chi connectivity index (χ3n) is 5.30. The monoisotopic (exact) mass is 395 g/mol. The first-order valence-corrected chi connectivity index (χ1v) is 10.9. The molecule has 0 radical (unpaired) electrons. The Morgan fingerprint density at radius 1 is 1.19 bits per heavy atom. The molecule has 0 bridgehead atoms. The van der Waals surface area contributed by atoms with Gasteiger partial charge in [0.15, 0.2) is 5.58 Å². The van der Waals surface area contributed by atoms with Crippen LogP contribution in [0.4, 0.5) is 5.69 Å². The highest BCUT2D eigenvalue weighted by Gasteiger charge is 2.32. The molecule has 1 fully saturated rings. The van der Waals surface area contributed by atoms with Gasteiger partial charge in [0.1, 0.15) is 0 Å². The van der Waals surface area contributed by atoms with Gasteiger partial charge in [-0.3, -0.25) is 4.79 Å². The number of anilines is 1. The molecule has 7 nitrogen and oxygen atoms in total. The molecule has 2 N–H and O–H groups in total. The Kier molecular flexibility index (Phi) is 5.40. The molecule has 0 saturated heterocycles. The van der Waals surface area contributed by atoms with Crippen molar-refractivity contribution >= 4 is 26.7 Å². The summed E-state index contributed by atoms with van der Waals surface area (Å²) in [7, 11) is -1.70. The summed E-state index contributed by atoms with van der Waals surface area (Å²) < 4.78 is 33.3. The molecule has 3 rings (SSSR count). The summed E-state index contributed by atoms with van der Waals surface area (Å²) in [4.78, 5) is 11.8. The lowest BCUT2D eigenvalue weighted by atomic mass is 9.86. The molecule has 1 aliphatic rings. The van der Waals surface area contributed by atoms with E-state index < -0.39 is 14.8 Å². The fourth-order valence-electron chi connectivity index (χ4n) is 3.39. The zero-order valence-corrected chi connectivity index (χ0v) is 17.2. The van der Waals surface area contributed by atoms with Crippen molar-refractivity contribution in [2.75, 3.05) is 11.9 Å². The van der Waals surface area contributed by atoms with Crippen molar-refractivity contribution in [3.63, 3.8) is 0 Å². The molecular formula is C19H29N3O4S. The molecule has 0 atom stereocenters. The van der Waals surface area contributed by atoms with E-state index in [0.29, 0.717) is 16.9 Å². The molecule has 27 heavy (non-hydrogen) atoms. The van der Waals surface area contributed by atoms with Crippen LogP contribution in [0.15, 0.2) is 27.5 Å². The Labute approximate surface area is 160 Å². The zero-order valence-electron chi connectivity index (χ0n) is 16.4. The molecule has 150 valence electrons. The average molecular weight is 396 g/mol. The van der Waals surface area contributed by atoms with Crippen molar-refractivity contribution in [1.29, 1.82) is 0 Å². The topological polar surface area (TPSA) is 93.3 Å². The first-order chi connectivity index (χ1) is 12.6. The van der Waals surface area contributed by atoms with Crippen molar-refractivity contribution in [1.82, 2.24) is 9.46 Å². The highest BCUT2D eigenvalue weighted by atomic mass is 32.2. The van der Waals surface area contributed by atoms with Gasteiger partial charge >= 0.3 is 0 Å². The molecule has 0 unspecified atom stereocenters. The lowest BCUT2D eigenvalue weighted by Crippen LogP contribution is -2.46. The van der Waals surface area contributed by atoms with Gasteiger partial charge in [-0.25, -0.2) is 13.1 Å². The smallest absolute Gasteiger partial charge is 0.290 e. The molecule has 1 aliphatic carbocycles. The van der Waals surface area contributed by atoms with Gasteiger partial charge in [0, 0.05) is 31.4 Å². The average Bonchev–Trinajstić information content (AvgIpc) is 2.87. The third-order valence-corrected chi connectivity index (χ3v) is 7.56. The maximum atomic E-state index is 12.3. The number of nitrogens with zero attached hydrogens (tertiary/aromatic N) is 1. The van der Waals surface area contributed by atoms with Crippen LogP contribution < -0.4 is 15.6 Å². The maximum absolute atomic E-state index is 12.3. The van der Waals surface area contributed by atoms with Gasteiger partial charge in [0.05, 0.1) is 10.1 Å². The number of nitrogens with one attached hydrogen (secondary N) is 2. The largest absolute Gasteiger partial charge is 0.385 e. The molecule has 0 spiro atoms. The number of rotatable bonds is 5. The highest BCUT2D eigenvalue weighted by Crippen LogP contribution is 2.27. The van der Waals surface area contributed by atoms with Crippen LogP contribution in [0.1, 0.15) is 46.5 Å². The number of aryl methyl sites for hydroxylation is 1. The van der Waals surface area contributed by atoms with Crippen LogP contribution in [0.2, 0.25) is 0 Å². The first kappa shape index (κ1) is 19.9. The molecule has 1 aromatic heterocycles. The lowest BCUT2D eigenvalue weighted by Gasteiger charge is -2.31. The van der Waals surface area contributed by atoms with Gasteiger partial charge in [-0.1, -0.05) is 0 Å². The Bertz CT molecular complexity index is 961. The molecule has 0 amide bonds. The van der Waals surface area contributed by atoms with E-state index >= 15 is 0 Å². The van der Waals surface area contributed by atoms with Gasteiger partial charge in [-0.2, -0.15) is 4.74 Å². The Balaban J connectivity index is 1.52. The molecule has 8 heteroatoms. The van der Waals surface area contributed by atoms with E-state index in [1.807, 2.05) is 12.1 Å². The minimum Gasteiger partial charge on any atom is -0.385 e. The number of fused-ring (bicyclic) bond motifs is 1. The fraction of sp³-hybridized carbons (Fsp3) is 0.632. The first-order valence-electron chi connectivity index (χ1n) is 9.42. The summed E-state index contributed by atoms with van der Waals surface area (Å²) in [5.74, 6) is 0.499. The Hall–Kier alpha value is -1.80. The Morgan fingerprint density at radius 3 is 2.48 bits per heavy atom. The van der Waals surface area contributed by atoms with Crippen LogP contribution in [-0.4, -0.2) is 30.5 Å². The lowest BCUT2D eigenvalue weighted by molar-refractivity contribution is 0.322. The normalized spacial score (nSPS) is 21.5. The van der Waals surface area contributed by atoms with Crippen molar-refractivity contribution < 1.29 is 12.9 Å². The van der Waals surface area contributed by atoms with E-state index in [9.17, 15) is 13.2 Å². The highest BCUT2D eigenvalue weighted by molar-refractivity contribution is 7.90. The van der Waals surface area contributed by atoms with Crippen LogP contribution in [0.3, 0.4) is 0 Å². The molecule has 1 heterocycles. The standard InChI is InChI=1S/C19H29N3O4S/c1-19(2,3)27(24,25)21-14-7-5-13(6-8-14)12-20-15-9-10-16-17(11-15)26-22(4)18(16)23/h9-11,13-14,20-21H,5-8,12H2,1-4H3. The van der Waals surface area contributed by atoms with E-state index in [2.05, 4.69) is 10.0 Å². The number of hydrogen-bond acceptors (Lipinski definition) is 5. The quantitative estimate of drug-likeness (QED) is 0.812. The number of hydrogen-bond donors (Lipinski definition) is 2.